The van der Waals surface area contributed by atoms with E-state index < -0.39 is 0 Å². The number of hydrogen-bond acceptors (Lipinski definition) is 3. The monoisotopic (exact) mass is 205 g/mol. The van der Waals surface area contributed by atoms with Gasteiger partial charge in [-0.3, -0.25) is 0 Å². The fourth-order valence-electron chi connectivity index (χ4n) is 1.78. The Bertz CT molecular complexity index is 462. The normalized spacial score (nSPS) is 13.3. The molecule has 0 unspecified atom stereocenters. The molecule has 0 fully saturated rings. The average Bonchev–Trinajstić information content (AvgIpc) is 2.58. The van der Waals surface area contributed by atoms with Crippen LogP contribution in [0.5, 0.6) is 0 Å². The summed E-state index contributed by atoms with van der Waals surface area (Å²) in [5.74, 6) is 0.824. The van der Waals surface area contributed by atoms with Crippen LogP contribution in [0, 0.1) is 0 Å². The molecule has 0 aliphatic heterocycles. The molecular weight excluding hydrogens is 190 g/mol. The van der Waals surface area contributed by atoms with E-state index in [1.54, 1.807) is 0 Å². The van der Waals surface area contributed by atoms with Gasteiger partial charge < -0.3 is 15.4 Å². The molecule has 1 aromatic heterocycles. The van der Waals surface area contributed by atoms with Crippen molar-refractivity contribution in [1.82, 2.24) is 9.55 Å². The SMILES string of the molecule is C[C@H](N)c1nc2ccccc2n1CCO. The van der Waals surface area contributed by atoms with Gasteiger partial charge in [0.25, 0.3) is 0 Å². The molecule has 0 amide bonds. The summed E-state index contributed by atoms with van der Waals surface area (Å²) in [7, 11) is 0. The van der Waals surface area contributed by atoms with E-state index in [9.17, 15) is 0 Å². The van der Waals surface area contributed by atoms with E-state index in [1.807, 2.05) is 35.8 Å². The molecule has 3 N–H and O–H groups in total. The summed E-state index contributed by atoms with van der Waals surface area (Å²) in [4.78, 5) is 4.46. The Morgan fingerprint density at radius 2 is 2.20 bits per heavy atom. The first-order valence-electron chi connectivity index (χ1n) is 5.05. The van der Waals surface area contributed by atoms with Crippen LogP contribution in [-0.2, 0) is 6.54 Å². The second-order valence-electron chi connectivity index (χ2n) is 3.62. The standard InChI is InChI=1S/C11H15N3O/c1-8(12)11-13-9-4-2-3-5-10(9)14(11)6-7-15/h2-5,8,15H,6-7,12H2,1H3/t8-/m0/s1. The van der Waals surface area contributed by atoms with Crippen LogP contribution in [0.25, 0.3) is 11.0 Å². The van der Waals surface area contributed by atoms with Crippen molar-refractivity contribution in [3.63, 3.8) is 0 Å². The molecule has 80 valence electrons. The van der Waals surface area contributed by atoms with Gasteiger partial charge in [-0.1, -0.05) is 12.1 Å². The average molecular weight is 205 g/mol. The van der Waals surface area contributed by atoms with Crippen molar-refractivity contribution < 1.29 is 5.11 Å². The lowest BCUT2D eigenvalue weighted by molar-refractivity contribution is 0.275. The van der Waals surface area contributed by atoms with Crippen molar-refractivity contribution in [2.75, 3.05) is 6.61 Å². The predicted octanol–water partition coefficient (Wildman–Crippen LogP) is 1.05. The third-order valence-electron chi connectivity index (χ3n) is 2.41. The van der Waals surface area contributed by atoms with E-state index in [-0.39, 0.29) is 12.6 Å². The van der Waals surface area contributed by atoms with Crippen molar-refractivity contribution in [1.29, 1.82) is 0 Å². The highest BCUT2D eigenvalue weighted by atomic mass is 16.3. The number of fused-ring (bicyclic) bond motifs is 1. The first-order chi connectivity index (χ1) is 7.24. The number of aliphatic hydroxyl groups is 1. The van der Waals surface area contributed by atoms with Gasteiger partial charge >= 0.3 is 0 Å². The van der Waals surface area contributed by atoms with Gasteiger partial charge in [-0.2, -0.15) is 0 Å². The molecule has 0 aliphatic rings. The van der Waals surface area contributed by atoms with Gasteiger partial charge in [-0.15, -0.1) is 0 Å². The molecule has 1 aromatic carbocycles. The van der Waals surface area contributed by atoms with Crippen LogP contribution < -0.4 is 5.73 Å². The zero-order valence-corrected chi connectivity index (χ0v) is 8.72. The van der Waals surface area contributed by atoms with Gasteiger partial charge in [0.2, 0.25) is 0 Å². The first kappa shape index (κ1) is 10.1. The summed E-state index contributed by atoms with van der Waals surface area (Å²) in [6.07, 6.45) is 0. The van der Waals surface area contributed by atoms with Crippen molar-refractivity contribution in [3.8, 4) is 0 Å². The zero-order valence-electron chi connectivity index (χ0n) is 8.72. The van der Waals surface area contributed by atoms with Crippen LogP contribution in [0.3, 0.4) is 0 Å². The van der Waals surface area contributed by atoms with Crippen molar-refractivity contribution in [3.05, 3.63) is 30.1 Å². The molecule has 0 aliphatic carbocycles. The smallest absolute Gasteiger partial charge is 0.126 e. The Hall–Kier alpha value is -1.39. The highest BCUT2D eigenvalue weighted by Crippen LogP contribution is 2.19. The third-order valence-corrected chi connectivity index (χ3v) is 2.41. The lowest BCUT2D eigenvalue weighted by Crippen LogP contribution is -2.14. The number of aliphatic hydroxyl groups excluding tert-OH is 1. The van der Waals surface area contributed by atoms with E-state index in [0.717, 1.165) is 16.9 Å². The minimum atomic E-state index is -0.121. The largest absolute Gasteiger partial charge is 0.395 e. The topological polar surface area (TPSA) is 64.1 Å². The van der Waals surface area contributed by atoms with Crippen LogP contribution >= 0.6 is 0 Å². The van der Waals surface area contributed by atoms with Crippen LogP contribution in [-0.4, -0.2) is 21.3 Å². The second-order valence-corrected chi connectivity index (χ2v) is 3.62. The quantitative estimate of drug-likeness (QED) is 0.787. The Morgan fingerprint density at radius 3 is 2.87 bits per heavy atom. The fourth-order valence-corrected chi connectivity index (χ4v) is 1.78. The number of nitrogens with two attached hydrogens (primary N) is 1. The number of hydrogen-bond donors (Lipinski definition) is 2. The van der Waals surface area contributed by atoms with Crippen LogP contribution in [0.1, 0.15) is 18.8 Å². The lowest BCUT2D eigenvalue weighted by Gasteiger charge is -2.09. The maximum Gasteiger partial charge on any atom is 0.126 e. The molecular formula is C11H15N3O. The summed E-state index contributed by atoms with van der Waals surface area (Å²) in [6.45, 7) is 2.53. The molecule has 1 heterocycles. The molecule has 0 saturated heterocycles. The molecule has 0 bridgehead atoms. The van der Waals surface area contributed by atoms with Crippen LogP contribution in [0.4, 0.5) is 0 Å². The number of rotatable bonds is 3. The van der Waals surface area contributed by atoms with E-state index in [0.29, 0.717) is 6.54 Å². The van der Waals surface area contributed by atoms with Crippen molar-refractivity contribution >= 4 is 11.0 Å². The Labute approximate surface area is 88.3 Å². The van der Waals surface area contributed by atoms with Crippen LogP contribution in [0.15, 0.2) is 24.3 Å². The highest BCUT2D eigenvalue weighted by Gasteiger charge is 2.12. The van der Waals surface area contributed by atoms with Gasteiger partial charge in [0, 0.05) is 6.54 Å². The Balaban J connectivity index is 2.63. The molecule has 0 saturated carbocycles. The third kappa shape index (κ3) is 1.73. The summed E-state index contributed by atoms with van der Waals surface area (Å²) >= 11 is 0. The lowest BCUT2D eigenvalue weighted by atomic mass is 10.3. The summed E-state index contributed by atoms with van der Waals surface area (Å²) in [6, 6.07) is 7.73. The van der Waals surface area contributed by atoms with E-state index in [4.69, 9.17) is 10.8 Å². The molecule has 15 heavy (non-hydrogen) atoms. The fraction of sp³-hybridized carbons (Fsp3) is 0.364. The van der Waals surface area contributed by atoms with E-state index >= 15 is 0 Å². The highest BCUT2D eigenvalue weighted by molar-refractivity contribution is 5.76. The number of nitrogens with zero attached hydrogens (tertiary/aromatic N) is 2. The summed E-state index contributed by atoms with van der Waals surface area (Å²) in [5, 5.41) is 9.01. The second kappa shape index (κ2) is 4.00. The zero-order chi connectivity index (χ0) is 10.8. The molecule has 0 spiro atoms. The van der Waals surface area contributed by atoms with Crippen molar-refractivity contribution in [2.24, 2.45) is 5.73 Å². The number of imidazole rings is 1. The molecule has 2 rings (SSSR count). The van der Waals surface area contributed by atoms with Gasteiger partial charge in [-0.05, 0) is 19.1 Å². The minimum absolute atomic E-state index is 0.0973. The molecule has 0 radical (unpaired) electrons. The first-order valence-corrected chi connectivity index (χ1v) is 5.05. The van der Waals surface area contributed by atoms with Gasteiger partial charge in [-0.25, -0.2) is 4.98 Å². The maximum absolute atomic E-state index is 9.01. The number of aromatic nitrogens is 2. The Kier molecular flexibility index (Phi) is 2.70. The molecule has 2 aromatic rings. The molecule has 4 nitrogen and oxygen atoms in total. The summed E-state index contributed by atoms with van der Waals surface area (Å²) in [5.41, 5.74) is 7.80. The van der Waals surface area contributed by atoms with E-state index in [2.05, 4.69) is 4.98 Å². The van der Waals surface area contributed by atoms with Gasteiger partial charge in [0.05, 0.1) is 23.7 Å². The minimum Gasteiger partial charge on any atom is -0.395 e. The number of para-hydroxylation sites is 2. The molecule has 1 atom stereocenters. The molecule has 4 heteroatoms. The predicted molar refractivity (Wildman–Crippen MR) is 59.4 cm³/mol. The van der Waals surface area contributed by atoms with Gasteiger partial charge in [0.15, 0.2) is 0 Å². The number of benzene rings is 1. The van der Waals surface area contributed by atoms with E-state index in [1.165, 1.54) is 0 Å². The summed E-state index contributed by atoms with van der Waals surface area (Å²) < 4.78 is 1.97. The van der Waals surface area contributed by atoms with Crippen molar-refractivity contribution in [2.45, 2.75) is 19.5 Å². The van der Waals surface area contributed by atoms with Gasteiger partial charge in [0.1, 0.15) is 5.82 Å². The maximum atomic E-state index is 9.01. The Morgan fingerprint density at radius 1 is 1.47 bits per heavy atom. The van der Waals surface area contributed by atoms with Crippen LogP contribution in [0.2, 0.25) is 0 Å².